The Kier molecular flexibility index (Phi) is 4.51. The third-order valence-corrected chi connectivity index (χ3v) is 4.36. The molecular formula is C14H16BrFN2O3. The monoisotopic (exact) mass is 358 g/mol. The van der Waals surface area contributed by atoms with Crippen LogP contribution in [0.3, 0.4) is 0 Å². The molecule has 0 radical (unpaired) electrons. The maximum absolute atomic E-state index is 13.2. The van der Waals surface area contributed by atoms with Crippen molar-refractivity contribution >= 4 is 33.6 Å². The van der Waals surface area contributed by atoms with E-state index in [-0.39, 0.29) is 6.54 Å². The lowest BCUT2D eigenvalue weighted by Crippen LogP contribution is -2.49. The molecule has 21 heavy (non-hydrogen) atoms. The number of carbonyl (C=O) groups excluding carboxylic acids is 1. The summed E-state index contributed by atoms with van der Waals surface area (Å²) in [6, 6.07) is 3.57. The SMILES string of the molecule is CC1(C(=O)O)CCCN(C(=O)Nc2cc(F)ccc2Br)C1. The van der Waals surface area contributed by atoms with Gasteiger partial charge in [0.05, 0.1) is 11.1 Å². The molecule has 1 aromatic rings. The van der Waals surface area contributed by atoms with Crippen molar-refractivity contribution in [1.29, 1.82) is 0 Å². The summed E-state index contributed by atoms with van der Waals surface area (Å²) in [6.45, 7) is 2.26. The quantitative estimate of drug-likeness (QED) is 0.851. The molecule has 2 N–H and O–H groups in total. The summed E-state index contributed by atoms with van der Waals surface area (Å²) in [6.07, 6.45) is 1.16. The zero-order valence-electron chi connectivity index (χ0n) is 11.5. The number of urea groups is 1. The Morgan fingerprint density at radius 1 is 1.48 bits per heavy atom. The van der Waals surface area contributed by atoms with Crippen LogP contribution in [0.1, 0.15) is 19.8 Å². The topological polar surface area (TPSA) is 69.6 Å². The van der Waals surface area contributed by atoms with Gasteiger partial charge in [-0.25, -0.2) is 9.18 Å². The second kappa shape index (κ2) is 6.01. The number of carboxylic acid groups (broad SMARTS) is 1. The Hall–Kier alpha value is -1.63. The van der Waals surface area contributed by atoms with Crippen molar-refractivity contribution < 1.29 is 19.1 Å². The highest BCUT2D eigenvalue weighted by Crippen LogP contribution is 2.30. The molecule has 1 aromatic carbocycles. The van der Waals surface area contributed by atoms with Gasteiger partial charge in [0.25, 0.3) is 0 Å². The van der Waals surface area contributed by atoms with Crippen molar-refractivity contribution in [2.45, 2.75) is 19.8 Å². The number of halogens is 2. The second-order valence-electron chi connectivity index (χ2n) is 5.45. The molecular weight excluding hydrogens is 343 g/mol. The number of nitrogens with one attached hydrogen (secondary N) is 1. The Balaban J connectivity index is 2.10. The van der Waals surface area contributed by atoms with Crippen molar-refractivity contribution in [3.63, 3.8) is 0 Å². The van der Waals surface area contributed by atoms with Gasteiger partial charge in [0, 0.05) is 17.6 Å². The summed E-state index contributed by atoms with van der Waals surface area (Å²) in [5, 5.41) is 11.9. The molecule has 0 bridgehead atoms. The molecule has 2 rings (SSSR count). The van der Waals surface area contributed by atoms with Crippen molar-refractivity contribution in [2.24, 2.45) is 5.41 Å². The van der Waals surface area contributed by atoms with Crippen LogP contribution in [0, 0.1) is 11.2 Å². The molecule has 1 atom stereocenters. The van der Waals surface area contributed by atoms with E-state index in [1.54, 1.807) is 6.92 Å². The van der Waals surface area contributed by atoms with Gasteiger partial charge in [-0.1, -0.05) is 0 Å². The van der Waals surface area contributed by atoms with E-state index in [1.165, 1.54) is 23.1 Å². The first kappa shape index (κ1) is 15.8. The lowest BCUT2D eigenvalue weighted by molar-refractivity contribution is -0.150. The van der Waals surface area contributed by atoms with Gasteiger partial charge in [0.15, 0.2) is 0 Å². The number of hydrogen-bond donors (Lipinski definition) is 2. The standard InChI is InChI=1S/C14H16BrFN2O3/c1-14(12(19)20)5-2-6-18(8-14)13(21)17-11-7-9(16)3-4-10(11)15/h3-4,7H,2,5-6,8H2,1H3,(H,17,21)(H,19,20). The summed E-state index contributed by atoms with van der Waals surface area (Å²) in [5.74, 6) is -1.37. The predicted molar refractivity (Wildman–Crippen MR) is 79.7 cm³/mol. The highest BCUT2D eigenvalue weighted by atomic mass is 79.9. The van der Waals surface area contributed by atoms with Crippen LogP contribution >= 0.6 is 15.9 Å². The molecule has 0 aliphatic carbocycles. The Labute approximate surface area is 130 Å². The third-order valence-electron chi connectivity index (χ3n) is 3.67. The van der Waals surface area contributed by atoms with Crippen molar-refractivity contribution in [3.05, 3.63) is 28.5 Å². The van der Waals surface area contributed by atoms with Crippen LogP contribution in [-0.2, 0) is 4.79 Å². The minimum absolute atomic E-state index is 0.140. The number of benzene rings is 1. The van der Waals surface area contributed by atoms with Gasteiger partial charge in [0.1, 0.15) is 5.82 Å². The molecule has 114 valence electrons. The van der Waals surface area contributed by atoms with Crippen LogP contribution in [0.25, 0.3) is 0 Å². The van der Waals surface area contributed by atoms with E-state index in [0.29, 0.717) is 29.5 Å². The molecule has 0 saturated carbocycles. The lowest BCUT2D eigenvalue weighted by Gasteiger charge is -2.37. The van der Waals surface area contributed by atoms with Crippen LogP contribution in [0.15, 0.2) is 22.7 Å². The number of hydrogen-bond acceptors (Lipinski definition) is 2. The first-order chi connectivity index (χ1) is 9.82. The number of carbonyl (C=O) groups is 2. The van der Waals surface area contributed by atoms with Crippen LogP contribution < -0.4 is 5.32 Å². The average Bonchev–Trinajstić information content (AvgIpc) is 2.42. The summed E-state index contributed by atoms with van der Waals surface area (Å²) in [5.41, 5.74) is -0.614. The predicted octanol–water partition coefficient (Wildman–Crippen LogP) is 3.31. The Morgan fingerprint density at radius 3 is 2.86 bits per heavy atom. The zero-order valence-corrected chi connectivity index (χ0v) is 13.1. The van der Waals surface area contributed by atoms with Crippen LogP contribution in [0.2, 0.25) is 0 Å². The van der Waals surface area contributed by atoms with E-state index in [1.807, 2.05) is 0 Å². The number of piperidine rings is 1. The zero-order chi connectivity index (χ0) is 15.6. The smallest absolute Gasteiger partial charge is 0.321 e. The maximum Gasteiger partial charge on any atom is 0.321 e. The second-order valence-corrected chi connectivity index (χ2v) is 6.30. The number of amides is 2. The molecule has 1 heterocycles. The highest BCUT2D eigenvalue weighted by molar-refractivity contribution is 9.10. The molecule has 0 aromatic heterocycles. The van der Waals surface area contributed by atoms with Gasteiger partial charge in [-0.15, -0.1) is 0 Å². The molecule has 1 aliphatic heterocycles. The minimum atomic E-state index is -0.936. The van der Waals surface area contributed by atoms with E-state index < -0.39 is 23.2 Å². The first-order valence-electron chi connectivity index (χ1n) is 6.56. The Morgan fingerprint density at radius 2 is 2.19 bits per heavy atom. The van der Waals surface area contributed by atoms with Gasteiger partial charge in [0.2, 0.25) is 0 Å². The Bertz CT molecular complexity index is 581. The van der Waals surface area contributed by atoms with E-state index in [2.05, 4.69) is 21.2 Å². The molecule has 7 heteroatoms. The number of nitrogens with zero attached hydrogens (tertiary/aromatic N) is 1. The summed E-state index contributed by atoms with van der Waals surface area (Å²) in [4.78, 5) is 25.0. The largest absolute Gasteiger partial charge is 0.481 e. The van der Waals surface area contributed by atoms with E-state index in [4.69, 9.17) is 0 Å². The molecule has 1 aliphatic rings. The maximum atomic E-state index is 13.2. The third kappa shape index (κ3) is 3.53. The molecule has 1 saturated heterocycles. The highest BCUT2D eigenvalue weighted by Gasteiger charge is 2.39. The van der Waals surface area contributed by atoms with Crippen molar-refractivity contribution in [2.75, 3.05) is 18.4 Å². The van der Waals surface area contributed by atoms with Crippen LogP contribution in [-0.4, -0.2) is 35.1 Å². The van der Waals surface area contributed by atoms with Crippen LogP contribution in [0.4, 0.5) is 14.9 Å². The summed E-state index contributed by atoms with van der Waals surface area (Å²) >= 11 is 3.23. The number of anilines is 1. The molecule has 2 amide bonds. The summed E-state index contributed by atoms with van der Waals surface area (Å²) < 4.78 is 13.8. The van der Waals surface area contributed by atoms with Gasteiger partial charge in [-0.2, -0.15) is 0 Å². The van der Waals surface area contributed by atoms with Crippen molar-refractivity contribution in [3.8, 4) is 0 Å². The lowest BCUT2D eigenvalue weighted by atomic mass is 9.82. The number of rotatable bonds is 2. The molecule has 0 spiro atoms. The minimum Gasteiger partial charge on any atom is -0.481 e. The molecule has 1 fully saturated rings. The number of aliphatic carboxylic acids is 1. The van der Waals surface area contributed by atoms with Crippen LogP contribution in [0.5, 0.6) is 0 Å². The number of likely N-dealkylation sites (tertiary alicyclic amines) is 1. The fourth-order valence-electron chi connectivity index (χ4n) is 2.37. The molecule has 5 nitrogen and oxygen atoms in total. The van der Waals surface area contributed by atoms with E-state index in [9.17, 15) is 19.1 Å². The van der Waals surface area contributed by atoms with Gasteiger partial charge < -0.3 is 15.3 Å². The average molecular weight is 359 g/mol. The van der Waals surface area contributed by atoms with E-state index in [0.717, 1.165) is 0 Å². The first-order valence-corrected chi connectivity index (χ1v) is 7.35. The van der Waals surface area contributed by atoms with Gasteiger partial charge >= 0.3 is 12.0 Å². The van der Waals surface area contributed by atoms with Crippen molar-refractivity contribution in [1.82, 2.24) is 4.90 Å². The van der Waals surface area contributed by atoms with E-state index >= 15 is 0 Å². The van der Waals surface area contributed by atoms with Gasteiger partial charge in [-0.05, 0) is 53.9 Å². The fourth-order valence-corrected chi connectivity index (χ4v) is 2.72. The molecule has 1 unspecified atom stereocenters. The normalized spacial score (nSPS) is 22.0. The summed E-state index contributed by atoms with van der Waals surface area (Å²) in [7, 11) is 0. The number of carboxylic acids is 1. The fraction of sp³-hybridized carbons (Fsp3) is 0.429. The van der Waals surface area contributed by atoms with Gasteiger partial charge in [-0.3, -0.25) is 4.79 Å².